The second kappa shape index (κ2) is 5.26. The van der Waals surface area contributed by atoms with Crippen LogP contribution in [0.25, 0.3) is 0 Å². The van der Waals surface area contributed by atoms with Crippen molar-refractivity contribution in [1.29, 1.82) is 0 Å². The fourth-order valence-electron chi connectivity index (χ4n) is 1.60. The molecule has 1 amide bonds. The second-order valence-electron chi connectivity index (χ2n) is 4.46. The molecule has 1 unspecified atom stereocenters. The molecule has 0 spiro atoms. The van der Waals surface area contributed by atoms with Gasteiger partial charge < -0.3 is 15.2 Å². The lowest BCUT2D eigenvalue weighted by Crippen LogP contribution is -2.37. The normalized spacial score (nSPS) is 15.7. The number of carbonyl (C=O) groups excluding carboxylic acids is 1. The highest BCUT2D eigenvalue weighted by Gasteiger charge is 2.27. The van der Waals surface area contributed by atoms with Gasteiger partial charge in [-0.1, -0.05) is 6.07 Å². The smallest absolute Gasteiger partial charge is 0.342 e. The fraction of sp³-hybridized carbons (Fsp3) is 0.385. The van der Waals surface area contributed by atoms with E-state index < -0.39 is 23.5 Å². The van der Waals surface area contributed by atoms with Gasteiger partial charge in [0, 0.05) is 6.04 Å². The molecule has 1 fully saturated rings. The summed E-state index contributed by atoms with van der Waals surface area (Å²) in [5, 5.41) is 11.7. The molecule has 0 saturated heterocycles. The molecule has 1 saturated carbocycles. The van der Waals surface area contributed by atoms with Gasteiger partial charge in [0.1, 0.15) is 17.1 Å². The number of hydrogen-bond acceptors (Lipinski definition) is 3. The Labute approximate surface area is 109 Å². The van der Waals surface area contributed by atoms with Crippen LogP contribution in [0.5, 0.6) is 5.75 Å². The van der Waals surface area contributed by atoms with Crippen molar-refractivity contribution in [3.8, 4) is 5.75 Å². The molecule has 19 heavy (non-hydrogen) atoms. The summed E-state index contributed by atoms with van der Waals surface area (Å²) in [4.78, 5) is 22.6. The number of carboxylic acid groups (broad SMARTS) is 1. The number of hydrogen-bond donors (Lipinski definition) is 2. The number of aromatic carboxylic acids is 1. The van der Waals surface area contributed by atoms with E-state index in [1.54, 1.807) is 0 Å². The van der Waals surface area contributed by atoms with E-state index in [4.69, 9.17) is 9.84 Å². The summed E-state index contributed by atoms with van der Waals surface area (Å²) >= 11 is 0. The van der Waals surface area contributed by atoms with Crippen LogP contribution in [-0.2, 0) is 4.79 Å². The van der Waals surface area contributed by atoms with Gasteiger partial charge in [-0.25, -0.2) is 9.18 Å². The molecule has 1 aromatic rings. The van der Waals surface area contributed by atoms with E-state index in [-0.39, 0.29) is 17.7 Å². The Morgan fingerprint density at radius 1 is 1.47 bits per heavy atom. The standard InChI is InChI=1S/C13H14FNO4/c1-7(12(16)15-8-5-6-8)19-10-4-2-3-9(14)11(10)13(17)18/h2-4,7-8H,5-6H2,1H3,(H,15,16)(H,17,18). The lowest BCUT2D eigenvalue weighted by atomic mass is 10.2. The van der Waals surface area contributed by atoms with Crippen molar-refractivity contribution < 1.29 is 23.8 Å². The Morgan fingerprint density at radius 3 is 2.74 bits per heavy atom. The Bertz CT molecular complexity index is 513. The Kier molecular flexibility index (Phi) is 3.69. The highest BCUT2D eigenvalue weighted by molar-refractivity contribution is 5.91. The van der Waals surface area contributed by atoms with Gasteiger partial charge in [0.2, 0.25) is 0 Å². The molecule has 1 aromatic carbocycles. The van der Waals surface area contributed by atoms with Crippen molar-refractivity contribution in [3.05, 3.63) is 29.6 Å². The number of halogens is 1. The fourth-order valence-corrected chi connectivity index (χ4v) is 1.60. The number of amides is 1. The minimum atomic E-state index is -1.43. The summed E-state index contributed by atoms with van der Waals surface area (Å²) in [7, 11) is 0. The third-order valence-electron chi connectivity index (χ3n) is 2.79. The van der Waals surface area contributed by atoms with Gasteiger partial charge in [0.05, 0.1) is 0 Å². The summed E-state index contributed by atoms with van der Waals surface area (Å²) in [6.45, 7) is 1.49. The van der Waals surface area contributed by atoms with Gasteiger partial charge in [-0.05, 0) is 31.9 Å². The zero-order chi connectivity index (χ0) is 14.0. The summed E-state index contributed by atoms with van der Waals surface area (Å²) in [6.07, 6.45) is 1.01. The van der Waals surface area contributed by atoms with Crippen LogP contribution in [0.15, 0.2) is 18.2 Å². The van der Waals surface area contributed by atoms with Gasteiger partial charge in [-0.2, -0.15) is 0 Å². The minimum absolute atomic E-state index is 0.147. The van der Waals surface area contributed by atoms with Crippen molar-refractivity contribution in [1.82, 2.24) is 5.32 Å². The van der Waals surface area contributed by atoms with Crippen LogP contribution < -0.4 is 10.1 Å². The van der Waals surface area contributed by atoms with Crippen molar-refractivity contribution >= 4 is 11.9 Å². The third-order valence-corrected chi connectivity index (χ3v) is 2.79. The van der Waals surface area contributed by atoms with Crippen molar-refractivity contribution in [3.63, 3.8) is 0 Å². The summed E-state index contributed by atoms with van der Waals surface area (Å²) in [5.41, 5.74) is -0.562. The van der Waals surface area contributed by atoms with Gasteiger partial charge in [0.15, 0.2) is 6.10 Å². The highest BCUT2D eigenvalue weighted by Crippen LogP contribution is 2.23. The van der Waals surface area contributed by atoms with Gasteiger partial charge >= 0.3 is 5.97 Å². The van der Waals surface area contributed by atoms with Crippen LogP contribution in [0.2, 0.25) is 0 Å². The van der Waals surface area contributed by atoms with Gasteiger partial charge in [-0.15, -0.1) is 0 Å². The SMILES string of the molecule is CC(Oc1cccc(F)c1C(=O)O)C(=O)NC1CC1. The molecular formula is C13H14FNO4. The maximum absolute atomic E-state index is 13.4. The predicted octanol–water partition coefficient (Wildman–Crippen LogP) is 1.57. The Hall–Kier alpha value is -2.11. The van der Waals surface area contributed by atoms with Crippen LogP contribution in [0.1, 0.15) is 30.1 Å². The monoisotopic (exact) mass is 267 g/mol. The van der Waals surface area contributed by atoms with Crippen LogP contribution in [0, 0.1) is 5.82 Å². The molecule has 5 nitrogen and oxygen atoms in total. The molecule has 1 atom stereocenters. The van der Waals surface area contributed by atoms with Crippen molar-refractivity contribution in [2.24, 2.45) is 0 Å². The van der Waals surface area contributed by atoms with Crippen LogP contribution in [0.4, 0.5) is 4.39 Å². The first kappa shape index (κ1) is 13.3. The first-order chi connectivity index (χ1) is 8.99. The topological polar surface area (TPSA) is 75.6 Å². The number of ether oxygens (including phenoxy) is 1. The van der Waals surface area contributed by atoms with E-state index in [2.05, 4.69) is 5.32 Å². The quantitative estimate of drug-likeness (QED) is 0.849. The van der Waals surface area contributed by atoms with Gasteiger partial charge in [0.25, 0.3) is 5.91 Å². The molecule has 0 heterocycles. The van der Waals surface area contributed by atoms with E-state index >= 15 is 0 Å². The predicted molar refractivity (Wildman–Crippen MR) is 64.6 cm³/mol. The third kappa shape index (κ3) is 3.21. The first-order valence-corrected chi connectivity index (χ1v) is 5.98. The largest absolute Gasteiger partial charge is 0.480 e. The van der Waals surface area contributed by atoms with E-state index in [1.807, 2.05) is 0 Å². The second-order valence-corrected chi connectivity index (χ2v) is 4.46. The first-order valence-electron chi connectivity index (χ1n) is 5.98. The zero-order valence-corrected chi connectivity index (χ0v) is 10.4. The molecule has 2 rings (SSSR count). The van der Waals surface area contributed by atoms with E-state index in [1.165, 1.54) is 19.1 Å². The highest BCUT2D eigenvalue weighted by atomic mass is 19.1. The molecule has 2 N–H and O–H groups in total. The number of nitrogens with one attached hydrogen (secondary N) is 1. The number of rotatable bonds is 5. The zero-order valence-electron chi connectivity index (χ0n) is 10.4. The summed E-state index contributed by atoms with van der Waals surface area (Å²) < 4.78 is 18.7. The van der Waals surface area contributed by atoms with Crippen LogP contribution >= 0.6 is 0 Å². The van der Waals surface area contributed by atoms with Crippen molar-refractivity contribution in [2.45, 2.75) is 31.9 Å². The maximum atomic E-state index is 13.4. The molecule has 0 radical (unpaired) electrons. The molecule has 0 aromatic heterocycles. The molecule has 6 heteroatoms. The van der Waals surface area contributed by atoms with Gasteiger partial charge in [-0.3, -0.25) is 4.79 Å². The summed E-state index contributed by atoms with van der Waals surface area (Å²) in [6, 6.07) is 3.88. The molecule has 0 bridgehead atoms. The lowest BCUT2D eigenvalue weighted by Gasteiger charge is -2.16. The van der Waals surface area contributed by atoms with E-state index in [0.29, 0.717) is 0 Å². The average Bonchev–Trinajstić information content (AvgIpc) is 3.12. The van der Waals surface area contributed by atoms with Crippen LogP contribution in [-0.4, -0.2) is 29.1 Å². The molecule has 102 valence electrons. The number of benzene rings is 1. The molecule has 1 aliphatic carbocycles. The Balaban J connectivity index is 2.11. The average molecular weight is 267 g/mol. The summed E-state index contributed by atoms with van der Waals surface area (Å²) in [5.74, 6) is -2.79. The number of carbonyl (C=O) groups is 2. The number of carboxylic acids is 1. The van der Waals surface area contributed by atoms with E-state index in [0.717, 1.165) is 18.9 Å². The van der Waals surface area contributed by atoms with Crippen molar-refractivity contribution in [2.75, 3.05) is 0 Å². The molecule has 1 aliphatic rings. The minimum Gasteiger partial charge on any atom is -0.480 e. The van der Waals surface area contributed by atoms with E-state index in [9.17, 15) is 14.0 Å². The van der Waals surface area contributed by atoms with Crippen LogP contribution in [0.3, 0.4) is 0 Å². The maximum Gasteiger partial charge on any atom is 0.342 e. The Morgan fingerprint density at radius 2 is 2.16 bits per heavy atom. The molecule has 0 aliphatic heterocycles. The lowest BCUT2D eigenvalue weighted by molar-refractivity contribution is -0.127. The molecular weight excluding hydrogens is 253 g/mol.